The van der Waals surface area contributed by atoms with E-state index in [-0.39, 0.29) is 11.2 Å². The van der Waals surface area contributed by atoms with Crippen molar-refractivity contribution in [3.63, 3.8) is 0 Å². The summed E-state index contributed by atoms with van der Waals surface area (Å²) in [5, 5.41) is 12.7. The van der Waals surface area contributed by atoms with E-state index in [1.807, 2.05) is 67.1 Å². The molecule has 7 nitrogen and oxygen atoms in total. The summed E-state index contributed by atoms with van der Waals surface area (Å²) in [6.45, 7) is 1.85. The molecule has 1 unspecified atom stereocenters. The van der Waals surface area contributed by atoms with Gasteiger partial charge in [0.25, 0.3) is 0 Å². The third kappa shape index (κ3) is 4.69. The Morgan fingerprint density at radius 2 is 1.94 bits per heavy atom. The zero-order chi connectivity index (χ0) is 22.8. The maximum atomic E-state index is 12.7. The van der Waals surface area contributed by atoms with Crippen LogP contribution >= 0.6 is 23.1 Å². The van der Waals surface area contributed by atoms with E-state index in [0.717, 1.165) is 28.2 Å². The molecule has 0 bridgehead atoms. The molecule has 1 N–H and O–H groups in total. The second kappa shape index (κ2) is 9.21. The topological polar surface area (TPSA) is 85.8 Å². The van der Waals surface area contributed by atoms with Crippen molar-refractivity contribution in [1.82, 2.24) is 19.7 Å². The van der Waals surface area contributed by atoms with Crippen LogP contribution in [0.2, 0.25) is 0 Å². The number of furan rings is 1. The zero-order valence-corrected chi connectivity index (χ0v) is 19.7. The number of rotatable bonds is 7. The summed E-state index contributed by atoms with van der Waals surface area (Å²) in [6, 6.07) is 19.7. The first kappa shape index (κ1) is 21.4. The summed E-state index contributed by atoms with van der Waals surface area (Å²) in [5.74, 6) is 1.17. The van der Waals surface area contributed by atoms with Crippen LogP contribution in [-0.4, -0.2) is 30.9 Å². The second-order valence-electron chi connectivity index (χ2n) is 7.54. The van der Waals surface area contributed by atoms with E-state index in [1.165, 1.54) is 16.5 Å². The number of para-hydroxylation sites is 1. The first-order valence-corrected chi connectivity index (χ1v) is 12.1. The van der Waals surface area contributed by atoms with Gasteiger partial charge < -0.3 is 14.3 Å². The van der Waals surface area contributed by atoms with Gasteiger partial charge in [-0.15, -0.1) is 21.5 Å². The van der Waals surface area contributed by atoms with Crippen molar-refractivity contribution in [2.45, 2.75) is 23.8 Å². The summed E-state index contributed by atoms with van der Waals surface area (Å²) in [5.41, 5.74) is 2.95. The summed E-state index contributed by atoms with van der Waals surface area (Å²) < 4.78 is 8.41. The molecule has 2 aromatic carbocycles. The predicted molar refractivity (Wildman–Crippen MR) is 132 cm³/mol. The van der Waals surface area contributed by atoms with E-state index in [4.69, 9.17) is 9.40 Å². The Hall–Kier alpha value is -3.43. The maximum absolute atomic E-state index is 12.7. The van der Waals surface area contributed by atoms with Crippen molar-refractivity contribution >= 4 is 44.9 Å². The van der Waals surface area contributed by atoms with Gasteiger partial charge in [-0.2, -0.15) is 0 Å². The number of anilines is 1. The summed E-state index contributed by atoms with van der Waals surface area (Å²) in [4.78, 5) is 17.4. The number of nitrogens with one attached hydrogen (secondary N) is 1. The molecule has 9 heteroatoms. The van der Waals surface area contributed by atoms with Crippen molar-refractivity contribution in [3.05, 3.63) is 77.5 Å². The van der Waals surface area contributed by atoms with Gasteiger partial charge in [-0.3, -0.25) is 4.79 Å². The zero-order valence-electron chi connectivity index (χ0n) is 18.1. The molecular weight excluding hydrogens is 454 g/mol. The lowest BCUT2D eigenvalue weighted by Gasteiger charge is -2.12. The number of aromatic nitrogens is 4. The van der Waals surface area contributed by atoms with Crippen LogP contribution < -0.4 is 5.32 Å². The fourth-order valence-electron chi connectivity index (χ4n) is 3.37. The Morgan fingerprint density at radius 1 is 1.12 bits per heavy atom. The molecule has 3 aromatic heterocycles. The van der Waals surface area contributed by atoms with Crippen LogP contribution in [0.3, 0.4) is 0 Å². The van der Waals surface area contributed by atoms with Gasteiger partial charge in [0.1, 0.15) is 0 Å². The number of hydrogen-bond acceptors (Lipinski definition) is 7. The fourth-order valence-corrected chi connectivity index (χ4v) is 5.19. The van der Waals surface area contributed by atoms with E-state index in [9.17, 15) is 4.79 Å². The number of carbonyl (C=O) groups is 1. The number of benzene rings is 2. The number of amides is 1. The molecule has 0 aliphatic heterocycles. The molecule has 0 aliphatic carbocycles. The van der Waals surface area contributed by atoms with Crippen LogP contribution in [-0.2, 0) is 18.3 Å². The molecule has 3 heterocycles. The smallest absolute Gasteiger partial charge is 0.237 e. The van der Waals surface area contributed by atoms with Gasteiger partial charge in [0.05, 0.1) is 26.7 Å². The fraction of sp³-hybridized carbons (Fsp3) is 0.167. The molecule has 1 atom stereocenters. The van der Waals surface area contributed by atoms with Gasteiger partial charge in [-0.25, -0.2) is 4.98 Å². The lowest BCUT2D eigenvalue weighted by atomic mass is 10.1. The number of nitrogens with zero attached hydrogens (tertiary/aromatic N) is 4. The lowest BCUT2D eigenvalue weighted by molar-refractivity contribution is -0.115. The van der Waals surface area contributed by atoms with Crippen molar-refractivity contribution < 1.29 is 9.21 Å². The minimum absolute atomic E-state index is 0.0959. The van der Waals surface area contributed by atoms with Gasteiger partial charge in [-0.1, -0.05) is 36.0 Å². The minimum Gasteiger partial charge on any atom is -0.461 e. The van der Waals surface area contributed by atoms with Crippen molar-refractivity contribution in [1.29, 1.82) is 0 Å². The normalized spacial score (nSPS) is 12.2. The van der Waals surface area contributed by atoms with Gasteiger partial charge in [-0.05, 0) is 48.9 Å². The molecule has 5 aromatic rings. The Kier molecular flexibility index (Phi) is 5.97. The molecule has 0 aliphatic rings. The largest absolute Gasteiger partial charge is 0.461 e. The van der Waals surface area contributed by atoms with Gasteiger partial charge in [0.15, 0.2) is 16.7 Å². The van der Waals surface area contributed by atoms with Crippen molar-refractivity contribution in [3.8, 4) is 11.6 Å². The number of thioether (sulfide) groups is 1. The summed E-state index contributed by atoms with van der Waals surface area (Å²) in [7, 11) is 1.86. The molecule has 0 radical (unpaired) electrons. The van der Waals surface area contributed by atoms with E-state index in [1.54, 1.807) is 23.7 Å². The first-order chi connectivity index (χ1) is 16.1. The van der Waals surface area contributed by atoms with E-state index in [0.29, 0.717) is 16.7 Å². The number of fused-ring (bicyclic) bond motifs is 1. The molecule has 0 saturated heterocycles. The number of carbonyl (C=O) groups excluding carboxylic acids is 1. The first-order valence-electron chi connectivity index (χ1n) is 10.4. The highest BCUT2D eigenvalue weighted by atomic mass is 32.2. The highest BCUT2D eigenvalue weighted by molar-refractivity contribution is 8.00. The number of hydrogen-bond donors (Lipinski definition) is 1. The standard InChI is InChI=1S/C24H21N5O2S2/c1-15(32-24-28-27-22(29(24)2)19-7-5-13-31-19)23(30)25-17-11-9-16(10-12-17)14-21-26-18-6-3-4-8-20(18)33-21/h3-13,15H,14H2,1-2H3,(H,25,30). The average Bonchev–Trinajstić information content (AvgIpc) is 3.55. The SMILES string of the molecule is CC(Sc1nnc(-c2ccco2)n1C)C(=O)Nc1ccc(Cc2nc3ccccc3s2)cc1. The van der Waals surface area contributed by atoms with Crippen LogP contribution in [0.4, 0.5) is 5.69 Å². The van der Waals surface area contributed by atoms with Crippen LogP contribution in [0.1, 0.15) is 17.5 Å². The monoisotopic (exact) mass is 475 g/mol. The Morgan fingerprint density at radius 3 is 2.70 bits per heavy atom. The Labute approximate surface area is 198 Å². The molecule has 0 spiro atoms. The van der Waals surface area contributed by atoms with Crippen molar-refractivity contribution in [2.75, 3.05) is 5.32 Å². The molecule has 0 saturated carbocycles. The summed E-state index contributed by atoms with van der Waals surface area (Å²) in [6.07, 6.45) is 2.36. The molecule has 33 heavy (non-hydrogen) atoms. The Balaban J connectivity index is 1.20. The molecule has 0 fully saturated rings. The Bertz CT molecular complexity index is 1360. The predicted octanol–water partition coefficient (Wildman–Crippen LogP) is 5.39. The van der Waals surface area contributed by atoms with E-state index in [2.05, 4.69) is 21.6 Å². The molecular formula is C24H21N5O2S2. The number of thiazole rings is 1. The van der Waals surface area contributed by atoms with Gasteiger partial charge in [0.2, 0.25) is 5.91 Å². The quantitative estimate of drug-likeness (QED) is 0.318. The average molecular weight is 476 g/mol. The van der Waals surface area contributed by atoms with Crippen LogP contribution in [0, 0.1) is 0 Å². The van der Waals surface area contributed by atoms with Gasteiger partial charge in [0, 0.05) is 19.2 Å². The second-order valence-corrected chi connectivity index (χ2v) is 9.96. The van der Waals surface area contributed by atoms with Crippen LogP contribution in [0.15, 0.2) is 76.5 Å². The third-order valence-corrected chi connectivity index (χ3v) is 7.31. The van der Waals surface area contributed by atoms with Gasteiger partial charge >= 0.3 is 0 Å². The molecule has 166 valence electrons. The third-order valence-electron chi connectivity index (χ3n) is 5.14. The van der Waals surface area contributed by atoms with Crippen molar-refractivity contribution in [2.24, 2.45) is 7.05 Å². The van der Waals surface area contributed by atoms with E-state index < -0.39 is 0 Å². The lowest BCUT2D eigenvalue weighted by Crippen LogP contribution is -2.22. The highest BCUT2D eigenvalue weighted by Gasteiger charge is 2.20. The van der Waals surface area contributed by atoms with Crippen LogP contribution in [0.5, 0.6) is 0 Å². The molecule has 1 amide bonds. The summed E-state index contributed by atoms with van der Waals surface area (Å²) >= 11 is 3.06. The molecule has 5 rings (SSSR count). The maximum Gasteiger partial charge on any atom is 0.237 e. The minimum atomic E-state index is -0.347. The highest BCUT2D eigenvalue weighted by Crippen LogP contribution is 2.27. The van der Waals surface area contributed by atoms with E-state index >= 15 is 0 Å². The van der Waals surface area contributed by atoms with Crippen LogP contribution in [0.25, 0.3) is 21.8 Å².